The van der Waals surface area contributed by atoms with E-state index in [-0.39, 0.29) is 0 Å². The van der Waals surface area contributed by atoms with Crippen LogP contribution >= 0.6 is 63.7 Å². The van der Waals surface area contributed by atoms with E-state index in [1.54, 1.807) is 0 Å². The smallest absolute Gasteiger partial charge is 0.125 e. The summed E-state index contributed by atoms with van der Waals surface area (Å²) in [5, 5.41) is 3.25. The van der Waals surface area contributed by atoms with Gasteiger partial charge in [-0.3, -0.25) is 0 Å². The van der Waals surface area contributed by atoms with Crippen LogP contribution in [0.15, 0.2) is 0 Å². The monoisotopic (exact) mass is 842 g/mol. The maximum atomic E-state index is 6.12. The maximum Gasteiger partial charge on any atom is 0.125 e. The lowest BCUT2D eigenvalue weighted by molar-refractivity contribution is -0.00705. The first kappa shape index (κ1) is 38.0. The van der Waals surface area contributed by atoms with Crippen molar-refractivity contribution in [3.8, 4) is 11.5 Å². The van der Waals surface area contributed by atoms with Crippen molar-refractivity contribution in [2.45, 2.75) is 62.9 Å². The molecule has 0 spiro atoms. The van der Waals surface area contributed by atoms with Crippen LogP contribution in [0.4, 0.5) is 0 Å². The summed E-state index contributed by atoms with van der Waals surface area (Å²) in [6.07, 6.45) is 0. The molecule has 0 aliphatic rings. The summed E-state index contributed by atoms with van der Waals surface area (Å²) in [4.78, 5) is 0. The third kappa shape index (κ3) is 10.7. The molecule has 0 saturated carbocycles. The predicted molar refractivity (Wildman–Crippen MR) is 186 cm³/mol. The van der Waals surface area contributed by atoms with Crippen LogP contribution in [0.1, 0.15) is 55.6 Å². The highest BCUT2D eigenvalue weighted by atomic mass is 79.9. The molecule has 2 aromatic carbocycles. The zero-order chi connectivity index (χ0) is 31.1. The Hall–Kier alpha value is -0.200. The van der Waals surface area contributed by atoms with Crippen molar-refractivity contribution in [2.75, 3.05) is 66.1 Å². The first-order valence-corrected chi connectivity index (χ1v) is 18.8. The van der Waals surface area contributed by atoms with Crippen molar-refractivity contribution in [3.63, 3.8) is 0 Å². The third-order valence-corrected chi connectivity index (χ3v) is 9.83. The fourth-order valence-electron chi connectivity index (χ4n) is 5.00. The average Bonchev–Trinajstić information content (AvgIpc) is 2.96. The zero-order valence-electron chi connectivity index (χ0n) is 25.9. The van der Waals surface area contributed by atoms with Crippen LogP contribution in [0.25, 0.3) is 0 Å². The number of ether oxygens (including phenoxy) is 6. The van der Waals surface area contributed by atoms with E-state index in [2.05, 4.69) is 105 Å². The lowest BCUT2D eigenvalue weighted by atomic mass is 9.94. The van der Waals surface area contributed by atoms with Crippen LogP contribution in [-0.4, -0.2) is 66.1 Å². The summed E-state index contributed by atoms with van der Waals surface area (Å²) >= 11 is 14.5. The van der Waals surface area contributed by atoms with E-state index in [0.717, 1.165) is 32.8 Å². The largest absolute Gasteiger partial charge is 0.491 e. The summed E-state index contributed by atoms with van der Waals surface area (Å²) < 4.78 is 34.8. The highest BCUT2D eigenvalue weighted by molar-refractivity contribution is 9.09. The second-order valence-electron chi connectivity index (χ2n) is 10.0. The van der Waals surface area contributed by atoms with Gasteiger partial charge in [-0.05, 0) is 97.2 Å². The molecular weight excluding hydrogens is 800 g/mol. The third-order valence-electron chi connectivity index (χ3n) is 7.58. The standard InChI is InChI=1S/C32H46Br4O6/c1-21-27(17-33)23(3)31(24(4)28(21)18-34)41-15-13-39-11-9-37-7-8-38-10-12-40-14-16-42-32-25(5)29(19-35)22(2)30(20-36)26(32)6/h7-20H2,1-6H3. The van der Waals surface area contributed by atoms with E-state index in [4.69, 9.17) is 28.4 Å². The molecule has 0 aromatic heterocycles. The van der Waals surface area contributed by atoms with Crippen LogP contribution < -0.4 is 9.47 Å². The molecule has 2 aromatic rings. The summed E-state index contributed by atoms with van der Waals surface area (Å²) in [5.74, 6) is 1.92. The topological polar surface area (TPSA) is 55.4 Å². The summed E-state index contributed by atoms with van der Waals surface area (Å²) in [7, 11) is 0. The molecule has 0 atom stereocenters. The van der Waals surface area contributed by atoms with Gasteiger partial charge in [-0.15, -0.1) is 0 Å². The van der Waals surface area contributed by atoms with Gasteiger partial charge in [-0.1, -0.05) is 63.7 Å². The van der Waals surface area contributed by atoms with Gasteiger partial charge in [0.05, 0.1) is 52.9 Å². The molecular formula is C32H46Br4O6. The minimum Gasteiger partial charge on any atom is -0.491 e. The lowest BCUT2D eigenvalue weighted by Crippen LogP contribution is -2.15. The Balaban J connectivity index is 1.51. The molecule has 6 nitrogen and oxygen atoms in total. The van der Waals surface area contributed by atoms with Gasteiger partial charge in [0.2, 0.25) is 0 Å². The highest BCUT2D eigenvalue weighted by Crippen LogP contribution is 2.36. The van der Waals surface area contributed by atoms with Crippen LogP contribution in [0, 0.1) is 41.5 Å². The normalized spacial score (nSPS) is 11.4. The Kier molecular flexibility index (Phi) is 18.8. The molecule has 10 heteroatoms. The van der Waals surface area contributed by atoms with E-state index in [1.807, 2.05) is 0 Å². The quantitative estimate of drug-likeness (QED) is 0.0928. The number of halogens is 4. The Morgan fingerprint density at radius 3 is 0.762 bits per heavy atom. The van der Waals surface area contributed by atoms with Crippen molar-refractivity contribution in [3.05, 3.63) is 55.6 Å². The minimum atomic E-state index is 0.502. The van der Waals surface area contributed by atoms with Crippen molar-refractivity contribution in [1.82, 2.24) is 0 Å². The highest BCUT2D eigenvalue weighted by Gasteiger charge is 2.18. The van der Waals surface area contributed by atoms with Crippen molar-refractivity contribution < 1.29 is 28.4 Å². The second-order valence-corrected chi connectivity index (χ2v) is 12.2. The predicted octanol–water partition coefficient (Wildman–Crippen LogP) is 8.64. The van der Waals surface area contributed by atoms with Gasteiger partial charge in [0.1, 0.15) is 24.7 Å². The van der Waals surface area contributed by atoms with Gasteiger partial charge in [0, 0.05) is 21.3 Å². The number of hydrogen-bond acceptors (Lipinski definition) is 6. The average molecular weight is 846 g/mol. The second kappa shape index (κ2) is 20.8. The van der Waals surface area contributed by atoms with Gasteiger partial charge in [-0.2, -0.15) is 0 Å². The molecule has 238 valence electrons. The van der Waals surface area contributed by atoms with E-state index in [0.29, 0.717) is 66.1 Å². The van der Waals surface area contributed by atoms with E-state index < -0.39 is 0 Å². The lowest BCUT2D eigenvalue weighted by Gasteiger charge is -2.21. The molecule has 0 amide bonds. The van der Waals surface area contributed by atoms with Gasteiger partial charge >= 0.3 is 0 Å². The fourth-order valence-corrected chi connectivity index (χ4v) is 8.37. The number of rotatable bonds is 21. The van der Waals surface area contributed by atoms with Gasteiger partial charge < -0.3 is 28.4 Å². The Morgan fingerprint density at radius 1 is 0.333 bits per heavy atom. The molecule has 0 aliphatic carbocycles. The molecule has 0 saturated heterocycles. The van der Waals surface area contributed by atoms with E-state index >= 15 is 0 Å². The van der Waals surface area contributed by atoms with Gasteiger partial charge in [0.25, 0.3) is 0 Å². The Morgan fingerprint density at radius 2 is 0.548 bits per heavy atom. The summed E-state index contributed by atoms with van der Waals surface area (Å²) in [5.41, 5.74) is 12.6. The molecule has 0 fully saturated rings. The SMILES string of the molecule is Cc1c(CBr)c(C)c(OCCOCCOCCOCCOCCOc2c(C)c(CBr)c(C)c(CBr)c2C)c(C)c1CBr. The molecule has 42 heavy (non-hydrogen) atoms. The Labute approximate surface area is 286 Å². The number of hydrogen-bond donors (Lipinski definition) is 0. The van der Waals surface area contributed by atoms with Crippen LogP contribution in [-0.2, 0) is 40.3 Å². The van der Waals surface area contributed by atoms with E-state index in [9.17, 15) is 0 Å². The molecule has 0 radical (unpaired) electrons. The molecule has 2 rings (SSSR count). The number of benzene rings is 2. The fraction of sp³-hybridized carbons (Fsp3) is 0.625. The summed E-state index contributed by atoms with van der Waals surface area (Å²) in [6.45, 7) is 18.0. The van der Waals surface area contributed by atoms with Crippen molar-refractivity contribution >= 4 is 63.7 Å². The number of alkyl halides is 4. The molecule has 0 aliphatic heterocycles. The molecule has 0 bridgehead atoms. The minimum absolute atomic E-state index is 0.502. The summed E-state index contributed by atoms with van der Waals surface area (Å²) in [6, 6.07) is 0. The van der Waals surface area contributed by atoms with Crippen LogP contribution in [0.5, 0.6) is 11.5 Å². The van der Waals surface area contributed by atoms with E-state index in [1.165, 1.54) is 55.6 Å². The van der Waals surface area contributed by atoms with Crippen molar-refractivity contribution in [1.29, 1.82) is 0 Å². The first-order chi connectivity index (χ1) is 20.2. The first-order valence-electron chi connectivity index (χ1n) is 14.3. The van der Waals surface area contributed by atoms with Gasteiger partial charge in [0.15, 0.2) is 0 Å². The molecule has 0 heterocycles. The molecule has 0 N–H and O–H groups in total. The van der Waals surface area contributed by atoms with Gasteiger partial charge in [-0.25, -0.2) is 0 Å². The zero-order valence-corrected chi connectivity index (χ0v) is 32.2. The Bertz CT molecular complexity index is 976. The van der Waals surface area contributed by atoms with Crippen molar-refractivity contribution in [2.24, 2.45) is 0 Å². The van der Waals surface area contributed by atoms with Crippen LogP contribution in [0.3, 0.4) is 0 Å². The van der Waals surface area contributed by atoms with Crippen LogP contribution in [0.2, 0.25) is 0 Å². The molecule has 0 unspecified atom stereocenters. The maximum absolute atomic E-state index is 6.12.